The summed E-state index contributed by atoms with van der Waals surface area (Å²) < 4.78 is 37.4. The third-order valence-electron chi connectivity index (χ3n) is 2.56. The van der Waals surface area contributed by atoms with Crippen molar-refractivity contribution in [3.8, 4) is 0 Å². The number of unbranched alkanes of at least 4 members (excludes halogenated alkanes) is 1. The molecule has 0 bridgehead atoms. The van der Waals surface area contributed by atoms with Crippen LogP contribution >= 0.6 is 15.9 Å². The van der Waals surface area contributed by atoms with Gasteiger partial charge in [0.15, 0.2) is 15.7 Å². The summed E-state index contributed by atoms with van der Waals surface area (Å²) >= 11 is 3.07. The summed E-state index contributed by atoms with van der Waals surface area (Å²) in [5, 5.41) is 2.53. The van der Waals surface area contributed by atoms with Crippen LogP contribution in [0.4, 0.5) is 4.39 Å². The van der Waals surface area contributed by atoms with Gasteiger partial charge in [0.2, 0.25) is 0 Å². The molecule has 0 aliphatic rings. The Bertz CT molecular complexity index is 605. The average molecular weight is 367 g/mol. The van der Waals surface area contributed by atoms with E-state index in [1.165, 1.54) is 6.07 Å². The minimum absolute atomic E-state index is 0.299. The van der Waals surface area contributed by atoms with E-state index >= 15 is 0 Å². The minimum Gasteiger partial charge on any atom is -0.352 e. The van der Waals surface area contributed by atoms with Crippen molar-refractivity contribution in [2.24, 2.45) is 5.73 Å². The summed E-state index contributed by atoms with van der Waals surface area (Å²) in [6.45, 7) is 0.871. The molecule has 1 rings (SSSR count). The number of sulfone groups is 1. The zero-order valence-corrected chi connectivity index (χ0v) is 13.4. The smallest absolute Gasteiger partial charge is 0.254 e. The first kappa shape index (κ1) is 17.1. The summed E-state index contributed by atoms with van der Waals surface area (Å²) in [5.41, 5.74) is 5.02. The van der Waals surface area contributed by atoms with Crippen molar-refractivity contribution < 1.29 is 17.6 Å². The lowest BCUT2D eigenvalue weighted by Gasteiger charge is -2.09. The predicted molar refractivity (Wildman–Crippen MR) is 77.8 cm³/mol. The number of nitrogens with two attached hydrogens (primary N) is 1. The van der Waals surface area contributed by atoms with Gasteiger partial charge in [-0.3, -0.25) is 4.79 Å². The highest BCUT2D eigenvalue weighted by atomic mass is 79.9. The van der Waals surface area contributed by atoms with E-state index in [1.54, 1.807) is 0 Å². The number of nitrogens with one attached hydrogen (secondary N) is 1. The number of amides is 1. The summed E-state index contributed by atoms with van der Waals surface area (Å²) in [4.78, 5) is 11.4. The van der Waals surface area contributed by atoms with E-state index in [2.05, 4.69) is 21.2 Å². The van der Waals surface area contributed by atoms with Crippen LogP contribution in [-0.2, 0) is 9.84 Å². The van der Waals surface area contributed by atoms with Gasteiger partial charge in [0.25, 0.3) is 5.91 Å². The van der Waals surface area contributed by atoms with E-state index in [0.717, 1.165) is 18.7 Å². The second-order valence-corrected chi connectivity index (χ2v) is 7.19. The van der Waals surface area contributed by atoms with Gasteiger partial charge in [0.1, 0.15) is 4.90 Å². The van der Waals surface area contributed by atoms with Gasteiger partial charge in [-0.25, -0.2) is 12.8 Å². The second-order valence-electron chi connectivity index (χ2n) is 4.29. The minimum atomic E-state index is -3.74. The largest absolute Gasteiger partial charge is 0.352 e. The first-order chi connectivity index (χ1) is 9.27. The molecule has 0 spiro atoms. The summed E-state index contributed by atoms with van der Waals surface area (Å²) in [7, 11) is -3.74. The highest BCUT2D eigenvalue weighted by molar-refractivity contribution is 9.10. The van der Waals surface area contributed by atoms with E-state index in [4.69, 9.17) is 5.73 Å². The molecule has 1 aromatic rings. The molecule has 0 fully saturated rings. The Morgan fingerprint density at radius 1 is 1.40 bits per heavy atom. The summed E-state index contributed by atoms with van der Waals surface area (Å²) in [5.74, 6) is -1.68. The van der Waals surface area contributed by atoms with Crippen LogP contribution in [0.1, 0.15) is 23.2 Å². The van der Waals surface area contributed by atoms with Crippen molar-refractivity contribution in [2.45, 2.75) is 17.7 Å². The van der Waals surface area contributed by atoms with Crippen LogP contribution in [0.25, 0.3) is 0 Å². The Hall–Kier alpha value is -0.990. The molecular weight excluding hydrogens is 351 g/mol. The van der Waals surface area contributed by atoms with Crippen molar-refractivity contribution in [1.82, 2.24) is 5.32 Å². The first-order valence-electron chi connectivity index (χ1n) is 5.94. The number of hydrogen-bond acceptors (Lipinski definition) is 4. The highest BCUT2D eigenvalue weighted by Crippen LogP contribution is 2.24. The molecule has 0 aliphatic carbocycles. The van der Waals surface area contributed by atoms with Crippen LogP contribution in [0.2, 0.25) is 0 Å². The zero-order valence-electron chi connectivity index (χ0n) is 10.9. The molecule has 8 heteroatoms. The molecular formula is C12H16BrFN2O3S. The summed E-state index contributed by atoms with van der Waals surface area (Å²) in [6, 6.07) is 2.39. The molecule has 3 N–H and O–H groups in total. The molecule has 5 nitrogen and oxygen atoms in total. The lowest BCUT2D eigenvalue weighted by atomic mass is 10.2. The van der Waals surface area contributed by atoms with Crippen LogP contribution in [0.3, 0.4) is 0 Å². The van der Waals surface area contributed by atoms with Crippen LogP contribution in [-0.4, -0.2) is 33.7 Å². The predicted octanol–water partition coefficient (Wildman–Crippen LogP) is 1.46. The van der Waals surface area contributed by atoms with Crippen LogP contribution in [0.15, 0.2) is 21.5 Å². The Morgan fingerprint density at radius 3 is 2.60 bits per heavy atom. The first-order valence-corrected chi connectivity index (χ1v) is 8.63. The van der Waals surface area contributed by atoms with Gasteiger partial charge < -0.3 is 11.1 Å². The topological polar surface area (TPSA) is 89.3 Å². The van der Waals surface area contributed by atoms with Crippen LogP contribution < -0.4 is 11.1 Å². The molecule has 0 heterocycles. The monoisotopic (exact) mass is 366 g/mol. The molecule has 0 radical (unpaired) electrons. The van der Waals surface area contributed by atoms with Crippen molar-refractivity contribution in [3.63, 3.8) is 0 Å². The van der Waals surface area contributed by atoms with Gasteiger partial charge in [-0.15, -0.1) is 0 Å². The maximum atomic E-state index is 14.1. The highest BCUT2D eigenvalue weighted by Gasteiger charge is 2.21. The van der Waals surface area contributed by atoms with Gasteiger partial charge >= 0.3 is 0 Å². The number of carbonyl (C=O) groups is 1. The van der Waals surface area contributed by atoms with Crippen molar-refractivity contribution >= 4 is 31.7 Å². The fourth-order valence-corrected chi connectivity index (χ4v) is 2.95. The Labute approximate surface area is 125 Å². The molecule has 0 unspecified atom stereocenters. The lowest BCUT2D eigenvalue weighted by molar-refractivity contribution is 0.0948. The van der Waals surface area contributed by atoms with E-state index in [-0.39, 0.29) is 5.56 Å². The number of hydrogen-bond donors (Lipinski definition) is 2. The molecule has 0 atom stereocenters. The fourth-order valence-electron chi connectivity index (χ4n) is 1.57. The molecule has 0 aromatic heterocycles. The lowest BCUT2D eigenvalue weighted by Crippen LogP contribution is -2.26. The maximum Gasteiger partial charge on any atom is 0.254 e. The SMILES string of the molecule is CS(=O)(=O)c1cc(Br)cc(C(=O)NCCCCN)c1F. The summed E-state index contributed by atoms with van der Waals surface area (Å²) in [6.07, 6.45) is 2.31. The quantitative estimate of drug-likeness (QED) is 0.745. The standard InChI is InChI=1S/C12H16BrFN2O3S/c1-20(18,19)10-7-8(13)6-9(11(10)14)12(17)16-5-3-2-4-15/h6-7H,2-5,15H2,1H3,(H,16,17). The molecule has 0 aliphatic heterocycles. The fraction of sp³-hybridized carbons (Fsp3) is 0.417. The van der Waals surface area contributed by atoms with Crippen molar-refractivity contribution in [2.75, 3.05) is 19.3 Å². The van der Waals surface area contributed by atoms with Crippen LogP contribution in [0.5, 0.6) is 0 Å². The van der Waals surface area contributed by atoms with Gasteiger partial charge in [0, 0.05) is 17.3 Å². The number of benzene rings is 1. The number of carbonyl (C=O) groups excluding carboxylic acids is 1. The molecule has 1 amide bonds. The molecule has 1 aromatic carbocycles. The number of halogens is 2. The van der Waals surface area contributed by atoms with E-state index in [9.17, 15) is 17.6 Å². The molecule has 20 heavy (non-hydrogen) atoms. The maximum absolute atomic E-state index is 14.1. The Balaban J connectivity index is 3.01. The van der Waals surface area contributed by atoms with Crippen molar-refractivity contribution in [3.05, 3.63) is 28.0 Å². The normalized spacial score (nSPS) is 11.4. The van der Waals surface area contributed by atoms with Crippen molar-refractivity contribution in [1.29, 1.82) is 0 Å². The Morgan fingerprint density at radius 2 is 2.05 bits per heavy atom. The van der Waals surface area contributed by atoms with E-state index in [1.807, 2.05) is 0 Å². The van der Waals surface area contributed by atoms with E-state index in [0.29, 0.717) is 24.0 Å². The van der Waals surface area contributed by atoms with Gasteiger partial charge in [0.05, 0.1) is 5.56 Å². The van der Waals surface area contributed by atoms with E-state index < -0.39 is 26.5 Å². The Kier molecular flexibility index (Phi) is 6.09. The molecule has 112 valence electrons. The molecule has 0 saturated carbocycles. The zero-order chi connectivity index (χ0) is 15.3. The average Bonchev–Trinajstić information content (AvgIpc) is 2.35. The third-order valence-corrected chi connectivity index (χ3v) is 4.12. The number of rotatable bonds is 6. The second kappa shape index (κ2) is 7.14. The van der Waals surface area contributed by atoms with Gasteiger partial charge in [-0.05, 0) is 31.5 Å². The molecule has 0 saturated heterocycles. The third kappa shape index (κ3) is 4.53. The van der Waals surface area contributed by atoms with Crippen LogP contribution in [0, 0.1) is 5.82 Å². The van der Waals surface area contributed by atoms with Gasteiger partial charge in [-0.2, -0.15) is 0 Å². The van der Waals surface area contributed by atoms with Gasteiger partial charge in [-0.1, -0.05) is 15.9 Å².